The molecule has 2 nitrogen and oxygen atoms in total. The summed E-state index contributed by atoms with van der Waals surface area (Å²) in [6.45, 7) is 0.271. The molecule has 1 heterocycles. The van der Waals surface area contributed by atoms with Crippen molar-refractivity contribution in [3.63, 3.8) is 0 Å². The molecule has 2 radical (unpaired) electrons. The van der Waals surface area contributed by atoms with E-state index in [4.69, 9.17) is 5.73 Å². The van der Waals surface area contributed by atoms with Gasteiger partial charge in [0.1, 0.15) is 0 Å². The molecule has 0 aliphatic carbocycles. The van der Waals surface area contributed by atoms with Gasteiger partial charge in [-0.2, -0.15) is 0 Å². The summed E-state index contributed by atoms with van der Waals surface area (Å²) in [4.78, 5) is 4.57. The SMILES string of the molecule is [N]CCCCc1ccc2ccccc2n1. The van der Waals surface area contributed by atoms with Gasteiger partial charge in [-0.15, -0.1) is 5.73 Å². The van der Waals surface area contributed by atoms with Gasteiger partial charge in [-0.1, -0.05) is 24.3 Å². The lowest BCUT2D eigenvalue weighted by atomic mass is 10.1. The van der Waals surface area contributed by atoms with Crippen molar-refractivity contribution in [2.45, 2.75) is 19.3 Å². The van der Waals surface area contributed by atoms with Gasteiger partial charge in [0.2, 0.25) is 0 Å². The molecule has 2 rings (SSSR count). The Bertz CT molecular complexity index is 437. The number of aromatic nitrogens is 1. The lowest BCUT2D eigenvalue weighted by molar-refractivity contribution is 0.726. The molecule has 0 aliphatic rings. The quantitative estimate of drug-likeness (QED) is 0.695. The van der Waals surface area contributed by atoms with Crippen LogP contribution in [0.2, 0.25) is 0 Å². The summed E-state index contributed by atoms with van der Waals surface area (Å²) in [5, 5.41) is 1.18. The largest absolute Gasteiger partial charge is 0.253 e. The van der Waals surface area contributed by atoms with E-state index < -0.39 is 0 Å². The van der Waals surface area contributed by atoms with E-state index >= 15 is 0 Å². The van der Waals surface area contributed by atoms with Gasteiger partial charge in [-0.25, -0.2) is 0 Å². The van der Waals surface area contributed by atoms with Crippen LogP contribution in [0.4, 0.5) is 0 Å². The van der Waals surface area contributed by atoms with Crippen LogP contribution in [-0.4, -0.2) is 11.5 Å². The Morgan fingerprint density at radius 2 is 1.87 bits per heavy atom. The number of fused-ring (bicyclic) bond motifs is 1. The Morgan fingerprint density at radius 3 is 2.73 bits per heavy atom. The first-order chi connectivity index (χ1) is 7.40. The molecule has 1 aromatic carbocycles. The summed E-state index contributed by atoms with van der Waals surface area (Å²) >= 11 is 0. The molecule has 0 aliphatic heterocycles. The number of hydrogen-bond acceptors (Lipinski definition) is 1. The normalized spacial score (nSPS) is 10.7. The summed E-state index contributed by atoms with van der Waals surface area (Å²) in [5.74, 6) is 0. The molecule has 0 fully saturated rings. The fourth-order valence-electron chi connectivity index (χ4n) is 1.67. The minimum Gasteiger partial charge on any atom is -0.253 e. The zero-order valence-corrected chi connectivity index (χ0v) is 8.69. The number of hydrogen-bond donors (Lipinski definition) is 0. The molecule has 0 saturated carbocycles. The molecular formula is C13H14N2. The van der Waals surface area contributed by atoms with Crippen LogP contribution in [-0.2, 0) is 6.42 Å². The minimum absolute atomic E-state index is 0.271. The number of unbranched alkanes of at least 4 members (excludes halogenated alkanes) is 1. The van der Waals surface area contributed by atoms with Gasteiger partial charge in [0.05, 0.1) is 5.52 Å². The average Bonchev–Trinajstić information content (AvgIpc) is 2.29. The smallest absolute Gasteiger partial charge is 0.0705 e. The van der Waals surface area contributed by atoms with Crippen molar-refractivity contribution in [3.8, 4) is 0 Å². The fourth-order valence-corrected chi connectivity index (χ4v) is 1.67. The van der Waals surface area contributed by atoms with Crippen molar-refractivity contribution in [1.29, 1.82) is 0 Å². The lowest BCUT2D eigenvalue weighted by Gasteiger charge is -2.01. The molecule has 0 atom stereocenters. The van der Waals surface area contributed by atoms with Crippen LogP contribution < -0.4 is 5.73 Å². The van der Waals surface area contributed by atoms with E-state index in [0.717, 1.165) is 30.5 Å². The molecule has 0 spiro atoms. The Kier molecular flexibility index (Phi) is 3.30. The maximum atomic E-state index is 8.70. The number of rotatable bonds is 4. The van der Waals surface area contributed by atoms with E-state index in [1.807, 2.05) is 18.2 Å². The van der Waals surface area contributed by atoms with E-state index in [0.29, 0.717) is 0 Å². The van der Waals surface area contributed by atoms with E-state index in [1.165, 1.54) is 5.39 Å². The second kappa shape index (κ2) is 4.89. The standard InChI is InChI=1S/C13H14N2/c14-10-4-3-6-12-9-8-11-5-1-2-7-13(11)15-12/h1-2,5,7-9H,3-4,6,10H2. The molecular weight excluding hydrogens is 184 g/mol. The van der Waals surface area contributed by atoms with Crippen LogP contribution in [0.5, 0.6) is 0 Å². The lowest BCUT2D eigenvalue weighted by Crippen LogP contribution is -1.93. The van der Waals surface area contributed by atoms with Crippen LogP contribution in [0.1, 0.15) is 18.5 Å². The summed E-state index contributed by atoms with van der Waals surface area (Å²) in [6, 6.07) is 12.3. The van der Waals surface area contributed by atoms with E-state index in [2.05, 4.69) is 23.2 Å². The number of nitrogens with zero attached hydrogens (tertiary/aromatic N) is 2. The Morgan fingerprint density at radius 1 is 1.00 bits per heavy atom. The van der Waals surface area contributed by atoms with Crippen molar-refractivity contribution < 1.29 is 0 Å². The molecule has 0 unspecified atom stereocenters. The second-order valence-electron chi connectivity index (χ2n) is 3.68. The Labute approximate surface area is 90.1 Å². The molecule has 0 N–H and O–H groups in total. The number of benzene rings is 1. The second-order valence-corrected chi connectivity index (χ2v) is 3.68. The molecule has 0 saturated heterocycles. The third kappa shape index (κ3) is 2.54. The number of pyridine rings is 1. The van der Waals surface area contributed by atoms with E-state index in [9.17, 15) is 0 Å². The Hall–Kier alpha value is -1.41. The maximum Gasteiger partial charge on any atom is 0.0705 e. The highest BCUT2D eigenvalue weighted by molar-refractivity contribution is 5.78. The van der Waals surface area contributed by atoms with Crippen LogP contribution in [0.3, 0.4) is 0 Å². The predicted molar refractivity (Wildman–Crippen MR) is 61.7 cm³/mol. The molecule has 76 valence electrons. The summed E-state index contributed by atoms with van der Waals surface area (Å²) in [7, 11) is 0. The van der Waals surface area contributed by atoms with Crippen LogP contribution in [0.25, 0.3) is 10.9 Å². The third-order valence-corrected chi connectivity index (χ3v) is 2.50. The maximum absolute atomic E-state index is 8.70. The molecule has 2 heteroatoms. The fraction of sp³-hybridized carbons (Fsp3) is 0.308. The number of para-hydroxylation sites is 1. The zero-order chi connectivity index (χ0) is 10.5. The van der Waals surface area contributed by atoms with Crippen molar-refractivity contribution >= 4 is 10.9 Å². The van der Waals surface area contributed by atoms with E-state index in [1.54, 1.807) is 0 Å². The number of aryl methyl sites for hydroxylation is 1. The van der Waals surface area contributed by atoms with Gasteiger partial charge < -0.3 is 0 Å². The van der Waals surface area contributed by atoms with Crippen molar-refractivity contribution in [1.82, 2.24) is 10.7 Å². The molecule has 0 amide bonds. The summed E-state index contributed by atoms with van der Waals surface area (Å²) in [6.07, 6.45) is 2.81. The summed E-state index contributed by atoms with van der Waals surface area (Å²) < 4.78 is 0. The van der Waals surface area contributed by atoms with Crippen LogP contribution >= 0.6 is 0 Å². The Balaban J connectivity index is 2.16. The minimum atomic E-state index is 0.271. The van der Waals surface area contributed by atoms with Gasteiger partial charge in [0.25, 0.3) is 0 Å². The van der Waals surface area contributed by atoms with Crippen molar-refractivity contribution in [2.24, 2.45) is 0 Å². The van der Waals surface area contributed by atoms with Gasteiger partial charge in [-0.3, -0.25) is 4.98 Å². The molecule has 1 aromatic heterocycles. The highest BCUT2D eigenvalue weighted by Gasteiger charge is 1.97. The van der Waals surface area contributed by atoms with E-state index in [-0.39, 0.29) is 6.54 Å². The first-order valence-electron chi connectivity index (χ1n) is 5.36. The first-order valence-corrected chi connectivity index (χ1v) is 5.36. The van der Waals surface area contributed by atoms with Crippen molar-refractivity contribution in [2.75, 3.05) is 6.54 Å². The van der Waals surface area contributed by atoms with Crippen LogP contribution in [0.15, 0.2) is 36.4 Å². The van der Waals surface area contributed by atoms with Crippen LogP contribution in [0, 0.1) is 0 Å². The van der Waals surface area contributed by atoms with Gasteiger partial charge >= 0.3 is 0 Å². The predicted octanol–water partition coefficient (Wildman–Crippen LogP) is 2.63. The highest BCUT2D eigenvalue weighted by atomic mass is 14.7. The topological polar surface area (TPSA) is 35.2 Å². The van der Waals surface area contributed by atoms with Crippen molar-refractivity contribution in [3.05, 3.63) is 42.1 Å². The van der Waals surface area contributed by atoms with Gasteiger partial charge in [0.15, 0.2) is 0 Å². The molecule has 15 heavy (non-hydrogen) atoms. The average molecular weight is 198 g/mol. The monoisotopic (exact) mass is 198 g/mol. The van der Waals surface area contributed by atoms with Gasteiger partial charge in [-0.05, 0) is 31.4 Å². The third-order valence-electron chi connectivity index (χ3n) is 2.50. The summed E-state index contributed by atoms with van der Waals surface area (Å²) in [5.41, 5.74) is 10.9. The molecule has 2 aromatic rings. The zero-order valence-electron chi connectivity index (χ0n) is 8.69. The first kappa shape index (κ1) is 10.1. The molecule has 0 bridgehead atoms. The van der Waals surface area contributed by atoms with Gasteiger partial charge in [0, 0.05) is 17.6 Å². The highest BCUT2D eigenvalue weighted by Crippen LogP contribution is 2.12.